The van der Waals surface area contributed by atoms with Gasteiger partial charge >= 0.3 is 0 Å². The number of rotatable bonds is 10. The minimum atomic E-state index is 0.547. The molecule has 1 aromatic heterocycles. The third-order valence-electron chi connectivity index (χ3n) is 2.48. The summed E-state index contributed by atoms with van der Waals surface area (Å²) in [6, 6.07) is 3.98. The van der Waals surface area contributed by atoms with Crippen LogP contribution >= 0.6 is 0 Å². The Morgan fingerprint density at radius 3 is 2.89 bits per heavy atom. The Kier molecular flexibility index (Phi) is 8.18. The van der Waals surface area contributed by atoms with Crippen molar-refractivity contribution in [2.75, 3.05) is 26.4 Å². The minimum absolute atomic E-state index is 0.547. The van der Waals surface area contributed by atoms with Gasteiger partial charge in [-0.2, -0.15) is 0 Å². The third-order valence-corrected chi connectivity index (χ3v) is 2.48. The number of hydrogen-bond donors (Lipinski definition) is 1. The molecule has 0 radical (unpaired) electrons. The summed E-state index contributed by atoms with van der Waals surface area (Å²) in [7, 11) is 0. The second kappa shape index (κ2) is 9.75. The topological polar surface area (TPSA) is 43.4 Å². The molecule has 19 heavy (non-hydrogen) atoms. The first-order valence-corrected chi connectivity index (χ1v) is 7.08. The van der Waals surface area contributed by atoms with Gasteiger partial charge in [0.05, 0.1) is 6.61 Å². The van der Waals surface area contributed by atoms with Crippen LogP contribution in [0.4, 0.5) is 0 Å². The van der Waals surface area contributed by atoms with Crippen LogP contribution in [-0.4, -0.2) is 31.3 Å². The third kappa shape index (κ3) is 7.80. The number of hydrogen-bond acceptors (Lipinski definition) is 4. The maximum atomic E-state index is 5.57. The number of aromatic nitrogens is 1. The highest BCUT2D eigenvalue weighted by molar-refractivity contribution is 5.20. The fourth-order valence-electron chi connectivity index (χ4n) is 1.57. The minimum Gasteiger partial charge on any atom is -0.475 e. The van der Waals surface area contributed by atoms with Crippen molar-refractivity contribution in [3.05, 3.63) is 23.9 Å². The fraction of sp³-hybridized carbons (Fsp3) is 0.667. The van der Waals surface area contributed by atoms with Gasteiger partial charge in [0.15, 0.2) is 0 Å². The van der Waals surface area contributed by atoms with Gasteiger partial charge in [0, 0.05) is 25.4 Å². The van der Waals surface area contributed by atoms with Gasteiger partial charge in [-0.1, -0.05) is 20.8 Å². The van der Waals surface area contributed by atoms with E-state index < -0.39 is 0 Å². The molecule has 0 fully saturated rings. The second-order valence-electron chi connectivity index (χ2n) is 5.00. The summed E-state index contributed by atoms with van der Waals surface area (Å²) in [5, 5.41) is 3.36. The largest absolute Gasteiger partial charge is 0.475 e. The molecule has 0 unspecified atom stereocenters. The van der Waals surface area contributed by atoms with Gasteiger partial charge in [-0.25, -0.2) is 4.98 Å². The lowest BCUT2D eigenvalue weighted by Crippen LogP contribution is -2.14. The molecule has 0 aromatic carbocycles. The van der Waals surface area contributed by atoms with E-state index in [0.717, 1.165) is 26.1 Å². The maximum absolute atomic E-state index is 5.57. The van der Waals surface area contributed by atoms with Crippen molar-refractivity contribution < 1.29 is 9.47 Å². The van der Waals surface area contributed by atoms with Crippen LogP contribution in [-0.2, 0) is 11.3 Å². The lowest BCUT2D eigenvalue weighted by molar-refractivity contribution is 0.0806. The van der Waals surface area contributed by atoms with E-state index in [2.05, 4.69) is 31.1 Å². The Bertz CT molecular complexity index is 343. The highest BCUT2D eigenvalue weighted by Gasteiger charge is 1.99. The van der Waals surface area contributed by atoms with Gasteiger partial charge < -0.3 is 14.8 Å². The van der Waals surface area contributed by atoms with Gasteiger partial charge in [-0.15, -0.1) is 0 Å². The van der Waals surface area contributed by atoms with Crippen LogP contribution in [0, 0.1) is 5.92 Å². The van der Waals surface area contributed by atoms with Crippen molar-refractivity contribution in [2.45, 2.75) is 33.7 Å². The Hall–Kier alpha value is -1.13. The summed E-state index contributed by atoms with van der Waals surface area (Å²) in [6.07, 6.45) is 2.93. The van der Waals surface area contributed by atoms with Crippen molar-refractivity contribution in [1.29, 1.82) is 0 Å². The fourth-order valence-corrected chi connectivity index (χ4v) is 1.57. The number of nitrogens with one attached hydrogen (secondary N) is 1. The molecule has 0 aliphatic carbocycles. The highest BCUT2D eigenvalue weighted by atomic mass is 16.5. The summed E-state index contributed by atoms with van der Waals surface area (Å²) in [5.74, 6) is 1.23. The van der Waals surface area contributed by atoms with Crippen LogP contribution in [0.25, 0.3) is 0 Å². The number of nitrogens with zero attached hydrogens (tertiary/aromatic N) is 1. The van der Waals surface area contributed by atoms with Gasteiger partial charge in [-0.05, 0) is 30.5 Å². The second-order valence-corrected chi connectivity index (χ2v) is 5.00. The molecule has 0 atom stereocenters. The van der Waals surface area contributed by atoms with Gasteiger partial charge in [0.2, 0.25) is 5.88 Å². The molecule has 0 bridgehead atoms. The first kappa shape index (κ1) is 15.9. The van der Waals surface area contributed by atoms with Gasteiger partial charge in [-0.3, -0.25) is 0 Å². The Labute approximate surface area is 116 Å². The van der Waals surface area contributed by atoms with Crippen LogP contribution in [0.3, 0.4) is 0 Å². The predicted octanol–water partition coefficient (Wildman–Crippen LogP) is 2.63. The van der Waals surface area contributed by atoms with E-state index in [-0.39, 0.29) is 0 Å². The van der Waals surface area contributed by atoms with E-state index >= 15 is 0 Å². The van der Waals surface area contributed by atoms with E-state index in [1.807, 2.05) is 12.1 Å². The first-order valence-electron chi connectivity index (χ1n) is 7.08. The van der Waals surface area contributed by atoms with Crippen molar-refractivity contribution >= 4 is 0 Å². The van der Waals surface area contributed by atoms with E-state index in [1.54, 1.807) is 6.20 Å². The van der Waals surface area contributed by atoms with Crippen LogP contribution in [0.5, 0.6) is 5.88 Å². The average Bonchev–Trinajstić information content (AvgIpc) is 2.39. The van der Waals surface area contributed by atoms with Crippen LogP contribution in [0.15, 0.2) is 18.3 Å². The van der Waals surface area contributed by atoms with Gasteiger partial charge in [0.1, 0.15) is 6.61 Å². The van der Waals surface area contributed by atoms with Gasteiger partial charge in [0.25, 0.3) is 0 Å². The summed E-state index contributed by atoms with van der Waals surface area (Å²) >= 11 is 0. The average molecular weight is 266 g/mol. The Morgan fingerprint density at radius 2 is 2.16 bits per heavy atom. The van der Waals surface area contributed by atoms with Crippen molar-refractivity contribution in [3.63, 3.8) is 0 Å². The lowest BCUT2D eigenvalue weighted by Gasteiger charge is -2.09. The SMILES string of the molecule is CCCNCc1ccnc(OCCOCC(C)C)c1. The first-order chi connectivity index (χ1) is 9.22. The maximum Gasteiger partial charge on any atom is 0.213 e. The van der Waals surface area contributed by atoms with Crippen molar-refractivity contribution in [1.82, 2.24) is 10.3 Å². The zero-order valence-corrected chi connectivity index (χ0v) is 12.3. The predicted molar refractivity (Wildman–Crippen MR) is 77.4 cm³/mol. The normalized spacial score (nSPS) is 10.9. The summed E-state index contributed by atoms with van der Waals surface area (Å²) in [6.45, 7) is 10.2. The molecule has 0 saturated carbocycles. The molecule has 108 valence electrons. The van der Waals surface area contributed by atoms with E-state index in [4.69, 9.17) is 9.47 Å². The summed E-state index contributed by atoms with van der Waals surface area (Å²) in [5.41, 5.74) is 1.20. The van der Waals surface area contributed by atoms with Crippen molar-refractivity contribution in [3.8, 4) is 5.88 Å². The molecular formula is C15H26N2O2. The molecule has 1 N–H and O–H groups in total. The zero-order chi connectivity index (χ0) is 13.9. The van der Waals surface area contributed by atoms with Crippen molar-refractivity contribution in [2.24, 2.45) is 5.92 Å². The van der Waals surface area contributed by atoms with E-state index in [0.29, 0.717) is 25.0 Å². The standard InChI is InChI=1S/C15H26N2O2/c1-4-6-16-11-14-5-7-17-15(10-14)19-9-8-18-12-13(2)3/h5,7,10,13,16H,4,6,8-9,11-12H2,1-3H3. The lowest BCUT2D eigenvalue weighted by atomic mass is 10.2. The summed E-state index contributed by atoms with van der Waals surface area (Å²) in [4.78, 5) is 4.19. The smallest absolute Gasteiger partial charge is 0.213 e. The molecule has 1 aromatic rings. The molecule has 0 saturated heterocycles. The van der Waals surface area contributed by atoms with Crippen LogP contribution < -0.4 is 10.1 Å². The molecule has 0 aliphatic heterocycles. The molecule has 1 rings (SSSR count). The molecule has 4 nitrogen and oxygen atoms in total. The van der Waals surface area contributed by atoms with E-state index in [1.165, 1.54) is 5.56 Å². The van der Waals surface area contributed by atoms with Crippen LogP contribution in [0.2, 0.25) is 0 Å². The zero-order valence-electron chi connectivity index (χ0n) is 12.3. The molecular weight excluding hydrogens is 240 g/mol. The van der Waals surface area contributed by atoms with Crippen LogP contribution in [0.1, 0.15) is 32.8 Å². The Balaban J connectivity index is 2.23. The monoisotopic (exact) mass is 266 g/mol. The summed E-state index contributed by atoms with van der Waals surface area (Å²) < 4.78 is 11.0. The molecule has 0 amide bonds. The molecule has 0 spiro atoms. The quantitative estimate of drug-likeness (QED) is 0.661. The number of pyridine rings is 1. The molecule has 4 heteroatoms. The Morgan fingerprint density at radius 1 is 1.32 bits per heavy atom. The van der Waals surface area contributed by atoms with E-state index in [9.17, 15) is 0 Å². The molecule has 0 aliphatic rings. The highest BCUT2D eigenvalue weighted by Crippen LogP contribution is 2.09. The number of ether oxygens (including phenoxy) is 2. The molecule has 1 heterocycles.